The van der Waals surface area contributed by atoms with Crippen LogP contribution in [0.2, 0.25) is 0 Å². The molecule has 0 aliphatic carbocycles. The fourth-order valence-electron chi connectivity index (χ4n) is 1.38. The summed E-state index contributed by atoms with van der Waals surface area (Å²) >= 11 is 2.92. The highest BCUT2D eigenvalue weighted by molar-refractivity contribution is 8.05. The second-order valence-corrected chi connectivity index (χ2v) is 5.86. The number of hydrogen-bond donors (Lipinski definition) is 2. The van der Waals surface area contributed by atoms with Crippen molar-refractivity contribution in [3.63, 3.8) is 0 Å². The summed E-state index contributed by atoms with van der Waals surface area (Å²) in [5.74, 6) is 1.46. The smallest absolute Gasteiger partial charge is 0.321 e. The Bertz CT molecular complexity index is 374. The van der Waals surface area contributed by atoms with Gasteiger partial charge in [0.05, 0.1) is 0 Å². The summed E-state index contributed by atoms with van der Waals surface area (Å²) in [7, 11) is 0. The van der Waals surface area contributed by atoms with E-state index in [0.717, 1.165) is 5.75 Å². The number of carboxylic acids is 1. The average Bonchev–Trinajstić information content (AvgIpc) is 2.77. The number of aromatic amines is 1. The molecule has 1 unspecified atom stereocenters. The van der Waals surface area contributed by atoms with Crippen LogP contribution in [-0.4, -0.2) is 42.5 Å². The number of carbonyl (C=O) groups is 1. The average molecular weight is 245 g/mol. The van der Waals surface area contributed by atoms with E-state index in [4.69, 9.17) is 0 Å². The molecule has 1 aliphatic rings. The second-order valence-electron chi connectivity index (χ2n) is 3.41. The molecule has 7 heteroatoms. The van der Waals surface area contributed by atoms with E-state index in [1.165, 1.54) is 11.8 Å². The normalized spacial score (nSPS) is 25.7. The first-order valence-corrected chi connectivity index (χ1v) is 6.49. The molecule has 0 amide bonds. The van der Waals surface area contributed by atoms with Crippen molar-refractivity contribution in [2.75, 3.05) is 11.5 Å². The van der Waals surface area contributed by atoms with Crippen molar-refractivity contribution in [2.24, 2.45) is 0 Å². The minimum Gasteiger partial charge on any atom is -0.480 e. The number of thioether (sulfide) groups is 2. The molecule has 2 N–H and O–H groups in total. The first-order chi connectivity index (χ1) is 7.12. The molecule has 5 nitrogen and oxygen atoms in total. The van der Waals surface area contributed by atoms with Crippen LogP contribution in [0.15, 0.2) is 5.16 Å². The Morgan fingerprint density at radius 2 is 2.53 bits per heavy atom. The minimum absolute atomic E-state index is 0.525. The topological polar surface area (TPSA) is 78.9 Å². The number of aryl methyl sites for hydroxylation is 1. The molecule has 15 heavy (non-hydrogen) atoms. The number of aromatic nitrogens is 3. The Hall–Kier alpha value is -0.690. The fraction of sp³-hybridized carbons (Fsp3) is 0.625. The predicted molar refractivity (Wildman–Crippen MR) is 59.3 cm³/mol. The standard InChI is InChI=1S/C8H11N3O2S2/c1-5-9-7(11-10-5)15-8(6(12)13)2-3-14-4-8/h2-4H2,1H3,(H,12,13)(H,9,10,11). The van der Waals surface area contributed by atoms with Gasteiger partial charge in [-0.25, -0.2) is 4.98 Å². The van der Waals surface area contributed by atoms with Crippen LogP contribution in [0.1, 0.15) is 12.2 Å². The summed E-state index contributed by atoms with van der Waals surface area (Å²) in [5.41, 5.74) is 0. The molecule has 2 heterocycles. The van der Waals surface area contributed by atoms with E-state index >= 15 is 0 Å². The van der Waals surface area contributed by atoms with Gasteiger partial charge in [-0.1, -0.05) is 11.8 Å². The predicted octanol–water partition coefficient (Wildman–Crippen LogP) is 1.17. The Morgan fingerprint density at radius 3 is 3.00 bits per heavy atom. The van der Waals surface area contributed by atoms with Crippen molar-refractivity contribution in [3.8, 4) is 0 Å². The molecule has 1 aliphatic heterocycles. The second kappa shape index (κ2) is 4.05. The molecule has 2 rings (SSSR count). The van der Waals surface area contributed by atoms with Crippen LogP contribution in [0.25, 0.3) is 0 Å². The zero-order chi connectivity index (χ0) is 10.9. The molecule has 1 fully saturated rings. The third-order valence-electron chi connectivity index (χ3n) is 2.24. The Balaban J connectivity index is 2.17. The van der Waals surface area contributed by atoms with Gasteiger partial charge in [0.15, 0.2) is 0 Å². The summed E-state index contributed by atoms with van der Waals surface area (Å²) in [5, 5.41) is 16.4. The molecule has 1 saturated heterocycles. The van der Waals surface area contributed by atoms with Crippen LogP contribution in [0.5, 0.6) is 0 Å². The van der Waals surface area contributed by atoms with Crippen molar-refractivity contribution >= 4 is 29.5 Å². The number of aliphatic carboxylic acids is 1. The highest BCUT2D eigenvalue weighted by atomic mass is 32.2. The van der Waals surface area contributed by atoms with Gasteiger partial charge in [-0.2, -0.15) is 11.8 Å². The van der Waals surface area contributed by atoms with Crippen LogP contribution in [-0.2, 0) is 4.79 Å². The van der Waals surface area contributed by atoms with E-state index in [0.29, 0.717) is 23.2 Å². The quantitative estimate of drug-likeness (QED) is 0.832. The van der Waals surface area contributed by atoms with Gasteiger partial charge in [-0.15, -0.1) is 5.10 Å². The van der Waals surface area contributed by atoms with Gasteiger partial charge >= 0.3 is 5.97 Å². The van der Waals surface area contributed by atoms with Gasteiger partial charge in [0.2, 0.25) is 5.16 Å². The summed E-state index contributed by atoms with van der Waals surface area (Å²) in [6, 6.07) is 0. The van der Waals surface area contributed by atoms with E-state index in [1.54, 1.807) is 18.7 Å². The molecular formula is C8H11N3O2S2. The van der Waals surface area contributed by atoms with Gasteiger partial charge in [0.1, 0.15) is 10.6 Å². The molecule has 0 spiro atoms. The maximum atomic E-state index is 11.2. The lowest BCUT2D eigenvalue weighted by Gasteiger charge is -2.19. The lowest BCUT2D eigenvalue weighted by Crippen LogP contribution is -2.34. The largest absolute Gasteiger partial charge is 0.480 e. The first kappa shape index (κ1) is 10.8. The zero-order valence-electron chi connectivity index (χ0n) is 8.19. The van der Waals surface area contributed by atoms with E-state index in [2.05, 4.69) is 15.2 Å². The molecule has 1 atom stereocenters. The molecule has 82 valence electrons. The highest BCUT2D eigenvalue weighted by Gasteiger charge is 2.44. The third-order valence-corrected chi connectivity index (χ3v) is 4.89. The number of hydrogen-bond acceptors (Lipinski definition) is 5. The molecule has 0 saturated carbocycles. The minimum atomic E-state index is -0.764. The third kappa shape index (κ3) is 2.12. The van der Waals surface area contributed by atoms with E-state index < -0.39 is 10.7 Å². The first-order valence-electron chi connectivity index (χ1n) is 4.51. The van der Waals surface area contributed by atoms with Gasteiger partial charge in [0.25, 0.3) is 0 Å². The molecule has 0 radical (unpaired) electrons. The van der Waals surface area contributed by atoms with Gasteiger partial charge in [0, 0.05) is 5.75 Å². The van der Waals surface area contributed by atoms with E-state index in [9.17, 15) is 9.90 Å². The monoisotopic (exact) mass is 245 g/mol. The Labute approximate surface area is 95.4 Å². The van der Waals surface area contributed by atoms with Crippen LogP contribution in [0, 0.1) is 6.92 Å². The number of nitrogens with zero attached hydrogens (tertiary/aromatic N) is 2. The lowest BCUT2D eigenvalue weighted by molar-refractivity contribution is -0.139. The van der Waals surface area contributed by atoms with Crippen molar-refractivity contribution in [1.29, 1.82) is 0 Å². The maximum Gasteiger partial charge on any atom is 0.321 e. The van der Waals surface area contributed by atoms with Gasteiger partial charge in [-0.05, 0) is 19.1 Å². The summed E-state index contributed by atoms with van der Waals surface area (Å²) < 4.78 is -0.737. The number of carboxylic acid groups (broad SMARTS) is 1. The number of rotatable bonds is 3. The Kier molecular flexibility index (Phi) is 2.92. The molecule has 0 aromatic carbocycles. The van der Waals surface area contributed by atoms with E-state index in [-0.39, 0.29) is 0 Å². The van der Waals surface area contributed by atoms with Crippen LogP contribution < -0.4 is 0 Å². The van der Waals surface area contributed by atoms with Crippen LogP contribution in [0.3, 0.4) is 0 Å². The molecule has 1 aromatic heterocycles. The van der Waals surface area contributed by atoms with E-state index in [1.807, 2.05) is 0 Å². The van der Waals surface area contributed by atoms with Crippen molar-refractivity contribution < 1.29 is 9.90 Å². The molecular weight excluding hydrogens is 234 g/mol. The zero-order valence-corrected chi connectivity index (χ0v) is 9.82. The van der Waals surface area contributed by atoms with Crippen molar-refractivity contribution in [2.45, 2.75) is 23.2 Å². The van der Waals surface area contributed by atoms with Gasteiger partial charge < -0.3 is 5.11 Å². The summed E-state index contributed by atoms with van der Waals surface area (Å²) in [6.07, 6.45) is 0.672. The van der Waals surface area contributed by atoms with Crippen molar-refractivity contribution in [3.05, 3.63) is 5.82 Å². The van der Waals surface area contributed by atoms with Crippen molar-refractivity contribution in [1.82, 2.24) is 15.2 Å². The summed E-state index contributed by atoms with van der Waals surface area (Å²) in [6.45, 7) is 1.80. The maximum absolute atomic E-state index is 11.2. The Morgan fingerprint density at radius 1 is 1.73 bits per heavy atom. The number of nitrogens with one attached hydrogen (secondary N) is 1. The van der Waals surface area contributed by atoms with Crippen LogP contribution in [0.4, 0.5) is 0 Å². The number of H-pyrrole nitrogens is 1. The SMILES string of the molecule is Cc1nc(SC2(C(=O)O)CCSC2)n[nH]1. The van der Waals surface area contributed by atoms with Crippen LogP contribution >= 0.6 is 23.5 Å². The fourth-order valence-corrected chi connectivity index (χ4v) is 4.15. The molecule has 1 aromatic rings. The molecule has 0 bridgehead atoms. The lowest BCUT2D eigenvalue weighted by atomic mass is 10.1. The highest BCUT2D eigenvalue weighted by Crippen LogP contribution is 2.42. The van der Waals surface area contributed by atoms with Gasteiger partial charge in [-0.3, -0.25) is 9.89 Å². The summed E-state index contributed by atoms with van der Waals surface area (Å²) in [4.78, 5) is 15.4.